The van der Waals surface area contributed by atoms with E-state index in [0.717, 1.165) is 5.56 Å². The molecule has 1 fully saturated rings. The van der Waals surface area contributed by atoms with Gasteiger partial charge in [-0.25, -0.2) is 8.42 Å². The molecule has 1 saturated heterocycles. The van der Waals surface area contributed by atoms with Gasteiger partial charge in [-0.05, 0) is 30.5 Å². The number of hydrogen-bond donors (Lipinski definition) is 1. The van der Waals surface area contributed by atoms with Crippen molar-refractivity contribution < 1.29 is 8.42 Å². The van der Waals surface area contributed by atoms with E-state index in [4.69, 9.17) is 5.73 Å². The lowest BCUT2D eigenvalue weighted by molar-refractivity contribution is 0.345. The minimum Gasteiger partial charge on any atom is -0.399 e. The molecule has 1 heterocycles. The van der Waals surface area contributed by atoms with Gasteiger partial charge in [0.25, 0.3) is 0 Å². The highest BCUT2D eigenvalue weighted by Crippen LogP contribution is 2.30. The Hall–Kier alpha value is -1.07. The molecule has 5 heteroatoms. The number of benzene rings is 1. The summed E-state index contributed by atoms with van der Waals surface area (Å²) >= 11 is 0. The average molecular weight is 254 g/mol. The first-order valence-corrected chi connectivity index (χ1v) is 7.36. The standard InChI is InChI=1S/C12H18N2O2S/c1-9-7-14(17(15,16)8-9)10(2)11-3-5-12(13)6-4-11/h3-6,9-10H,7-8,13H2,1-2H3. The average Bonchev–Trinajstić information content (AvgIpc) is 2.52. The van der Waals surface area contributed by atoms with Crippen molar-refractivity contribution in [3.8, 4) is 0 Å². The third-order valence-corrected chi connectivity index (χ3v) is 5.37. The molecule has 0 saturated carbocycles. The highest BCUT2D eigenvalue weighted by molar-refractivity contribution is 7.89. The van der Waals surface area contributed by atoms with Crippen molar-refractivity contribution in [2.24, 2.45) is 5.92 Å². The molecule has 2 atom stereocenters. The Morgan fingerprint density at radius 3 is 2.41 bits per heavy atom. The monoisotopic (exact) mass is 254 g/mol. The maximum atomic E-state index is 12.0. The lowest BCUT2D eigenvalue weighted by Crippen LogP contribution is -2.29. The normalized spacial score (nSPS) is 25.9. The highest BCUT2D eigenvalue weighted by Gasteiger charge is 2.37. The first kappa shape index (κ1) is 12.4. The van der Waals surface area contributed by atoms with Gasteiger partial charge in [-0.15, -0.1) is 0 Å². The topological polar surface area (TPSA) is 63.4 Å². The molecule has 1 aliphatic rings. The maximum Gasteiger partial charge on any atom is 0.214 e. The molecule has 0 aliphatic carbocycles. The molecule has 2 unspecified atom stereocenters. The minimum absolute atomic E-state index is 0.120. The molecular formula is C12H18N2O2S. The van der Waals surface area contributed by atoms with Crippen LogP contribution in [0.1, 0.15) is 25.5 Å². The van der Waals surface area contributed by atoms with Crippen LogP contribution in [0.5, 0.6) is 0 Å². The zero-order valence-electron chi connectivity index (χ0n) is 10.1. The van der Waals surface area contributed by atoms with Crippen molar-refractivity contribution in [1.82, 2.24) is 4.31 Å². The van der Waals surface area contributed by atoms with Crippen LogP contribution in [0.2, 0.25) is 0 Å². The van der Waals surface area contributed by atoms with Gasteiger partial charge in [-0.3, -0.25) is 0 Å². The van der Waals surface area contributed by atoms with E-state index in [1.807, 2.05) is 26.0 Å². The van der Waals surface area contributed by atoms with Gasteiger partial charge in [0.15, 0.2) is 0 Å². The number of rotatable bonds is 2. The molecule has 0 aromatic heterocycles. The molecule has 1 aromatic rings. The molecule has 0 bridgehead atoms. The van der Waals surface area contributed by atoms with Crippen molar-refractivity contribution in [2.75, 3.05) is 18.0 Å². The Morgan fingerprint density at radius 1 is 1.35 bits per heavy atom. The number of hydrogen-bond acceptors (Lipinski definition) is 3. The van der Waals surface area contributed by atoms with Crippen LogP contribution in [-0.4, -0.2) is 25.0 Å². The molecule has 17 heavy (non-hydrogen) atoms. The quantitative estimate of drug-likeness (QED) is 0.816. The largest absolute Gasteiger partial charge is 0.399 e. The van der Waals surface area contributed by atoms with E-state index in [9.17, 15) is 8.42 Å². The van der Waals surface area contributed by atoms with Gasteiger partial charge in [-0.2, -0.15) is 4.31 Å². The van der Waals surface area contributed by atoms with Gasteiger partial charge in [-0.1, -0.05) is 19.1 Å². The minimum atomic E-state index is -3.09. The lowest BCUT2D eigenvalue weighted by atomic mass is 10.1. The fourth-order valence-electron chi connectivity index (χ4n) is 2.27. The number of nitrogens with two attached hydrogens (primary N) is 1. The molecule has 4 nitrogen and oxygen atoms in total. The summed E-state index contributed by atoms with van der Waals surface area (Å²) in [6.45, 7) is 4.49. The second kappa shape index (κ2) is 4.31. The number of anilines is 1. The molecule has 0 radical (unpaired) electrons. The zero-order valence-corrected chi connectivity index (χ0v) is 10.9. The predicted octanol–water partition coefficient (Wildman–Crippen LogP) is 1.61. The molecule has 1 aliphatic heterocycles. The summed E-state index contributed by atoms with van der Waals surface area (Å²) in [5, 5.41) is 0. The van der Waals surface area contributed by atoms with Crippen LogP contribution in [-0.2, 0) is 10.0 Å². The van der Waals surface area contributed by atoms with Crippen molar-refractivity contribution in [3.05, 3.63) is 29.8 Å². The molecule has 0 amide bonds. The zero-order chi connectivity index (χ0) is 12.6. The summed E-state index contributed by atoms with van der Waals surface area (Å²) in [4.78, 5) is 0. The first-order valence-electron chi connectivity index (χ1n) is 5.75. The van der Waals surface area contributed by atoms with Crippen LogP contribution in [0.4, 0.5) is 5.69 Å². The molecule has 2 rings (SSSR count). The van der Waals surface area contributed by atoms with Crippen molar-refractivity contribution in [3.63, 3.8) is 0 Å². The van der Waals surface area contributed by atoms with E-state index in [1.165, 1.54) is 0 Å². The SMILES string of the molecule is CC1CN(C(C)c2ccc(N)cc2)S(=O)(=O)C1. The summed E-state index contributed by atoms with van der Waals surface area (Å²) in [5.41, 5.74) is 7.30. The van der Waals surface area contributed by atoms with E-state index < -0.39 is 10.0 Å². The summed E-state index contributed by atoms with van der Waals surface area (Å²) in [7, 11) is -3.09. The van der Waals surface area contributed by atoms with Gasteiger partial charge in [0.1, 0.15) is 0 Å². The second-order valence-corrected chi connectivity index (χ2v) is 6.76. The molecule has 1 aromatic carbocycles. The van der Waals surface area contributed by atoms with Gasteiger partial charge >= 0.3 is 0 Å². The fourth-order valence-corrected chi connectivity index (χ4v) is 4.37. The Kier molecular flexibility index (Phi) is 3.14. The van der Waals surface area contributed by atoms with Crippen molar-refractivity contribution >= 4 is 15.7 Å². The second-order valence-electron chi connectivity index (χ2n) is 4.80. The van der Waals surface area contributed by atoms with E-state index in [1.54, 1.807) is 16.4 Å². The number of nitrogens with zero attached hydrogens (tertiary/aromatic N) is 1. The third kappa shape index (κ3) is 2.45. The number of sulfonamides is 1. The van der Waals surface area contributed by atoms with Gasteiger partial charge < -0.3 is 5.73 Å². The van der Waals surface area contributed by atoms with Crippen LogP contribution < -0.4 is 5.73 Å². The Balaban J connectivity index is 2.26. The fraction of sp³-hybridized carbons (Fsp3) is 0.500. The van der Waals surface area contributed by atoms with E-state index in [2.05, 4.69) is 0 Å². The van der Waals surface area contributed by atoms with Crippen LogP contribution in [0.3, 0.4) is 0 Å². The molecular weight excluding hydrogens is 236 g/mol. The molecule has 94 valence electrons. The maximum absolute atomic E-state index is 12.0. The van der Waals surface area contributed by atoms with Gasteiger partial charge in [0, 0.05) is 18.3 Å². The summed E-state index contributed by atoms with van der Waals surface area (Å²) < 4.78 is 25.5. The van der Waals surface area contributed by atoms with Gasteiger partial charge in [0.2, 0.25) is 10.0 Å². The van der Waals surface area contributed by atoms with Crippen LogP contribution in [0, 0.1) is 5.92 Å². The van der Waals surface area contributed by atoms with E-state index >= 15 is 0 Å². The van der Waals surface area contributed by atoms with E-state index in [0.29, 0.717) is 12.2 Å². The van der Waals surface area contributed by atoms with Gasteiger partial charge in [0.05, 0.1) is 5.75 Å². The molecule has 0 spiro atoms. The van der Waals surface area contributed by atoms with Crippen molar-refractivity contribution in [1.29, 1.82) is 0 Å². The highest BCUT2D eigenvalue weighted by atomic mass is 32.2. The summed E-state index contributed by atoms with van der Waals surface area (Å²) in [6.07, 6.45) is 0. The Bertz CT molecular complexity index is 496. The lowest BCUT2D eigenvalue weighted by Gasteiger charge is -2.23. The van der Waals surface area contributed by atoms with Crippen LogP contribution in [0.25, 0.3) is 0 Å². The van der Waals surface area contributed by atoms with E-state index in [-0.39, 0.29) is 17.7 Å². The third-order valence-electron chi connectivity index (χ3n) is 3.19. The number of nitrogen functional groups attached to an aromatic ring is 1. The summed E-state index contributed by atoms with van der Waals surface area (Å²) in [5.74, 6) is 0.461. The van der Waals surface area contributed by atoms with Crippen molar-refractivity contribution in [2.45, 2.75) is 19.9 Å². The Labute approximate surface area is 102 Å². The Morgan fingerprint density at radius 2 is 1.94 bits per heavy atom. The predicted molar refractivity (Wildman–Crippen MR) is 68.9 cm³/mol. The smallest absolute Gasteiger partial charge is 0.214 e. The van der Waals surface area contributed by atoms with Crippen LogP contribution in [0.15, 0.2) is 24.3 Å². The van der Waals surface area contributed by atoms with Crippen LogP contribution >= 0.6 is 0 Å². The first-order chi connectivity index (χ1) is 7.90. The summed E-state index contributed by atoms with van der Waals surface area (Å²) in [6, 6.07) is 7.26. The molecule has 2 N–H and O–H groups in total.